The molecule has 0 atom stereocenters. The summed E-state index contributed by atoms with van der Waals surface area (Å²) in [4.78, 5) is 4.35. The van der Waals surface area contributed by atoms with Crippen LogP contribution >= 0.6 is 0 Å². The Morgan fingerprint density at radius 1 is 0.697 bits per heavy atom. The van der Waals surface area contributed by atoms with Gasteiger partial charge in [-0.2, -0.15) is 0 Å². The molecule has 0 aliphatic heterocycles. The number of rotatable bonds is 10. The van der Waals surface area contributed by atoms with Crippen molar-refractivity contribution in [2.45, 2.75) is 25.9 Å². The molecule has 33 heavy (non-hydrogen) atoms. The van der Waals surface area contributed by atoms with E-state index in [-0.39, 0.29) is 0 Å². The second-order valence-corrected chi connectivity index (χ2v) is 16.4. The van der Waals surface area contributed by atoms with Crippen molar-refractivity contribution < 1.29 is 26.8 Å². The predicted molar refractivity (Wildman–Crippen MR) is 133 cm³/mol. The van der Waals surface area contributed by atoms with Gasteiger partial charge in [-0.05, 0) is 0 Å². The van der Waals surface area contributed by atoms with Gasteiger partial charge in [0.05, 0.1) is 0 Å². The predicted octanol–water partition coefficient (Wildman–Crippen LogP) is 5.94. The summed E-state index contributed by atoms with van der Waals surface area (Å²) in [7, 11) is 8.35. The van der Waals surface area contributed by atoms with E-state index in [2.05, 4.69) is 123 Å². The van der Waals surface area contributed by atoms with Crippen LogP contribution in [0.5, 0.6) is 11.5 Å². The molecule has 0 saturated heterocycles. The molecule has 0 bridgehead atoms. The molecular formula is C28H34N2O2Zr. The third kappa shape index (κ3) is 6.03. The molecule has 0 radical (unpaired) electrons. The van der Waals surface area contributed by atoms with Crippen molar-refractivity contribution >= 4 is 0 Å². The Labute approximate surface area is 204 Å². The molecule has 2 aliphatic rings. The van der Waals surface area contributed by atoms with Gasteiger partial charge >= 0.3 is 205 Å². The van der Waals surface area contributed by atoms with E-state index in [4.69, 9.17) is 5.63 Å². The molecule has 172 valence electrons. The minimum atomic E-state index is -3.97. The van der Waals surface area contributed by atoms with E-state index >= 15 is 0 Å². The summed E-state index contributed by atoms with van der Waals surface area (Å²) < 4.78 is 16.7. The fourth-order valence-corrected chi connectivity index (χ4v) is 12.5. The molecule has 0 saturated carbocycles. The molecule has 0 aromatic heterocycles. The third-order valence-electron chi connectivity index (χ3n) is 5.71. The average Bonchev–Trinajstić information content (AvgIpc) is 3.48. The van der Waals surface area contributed by atoms with Crippen LogP contribution in [0.3, 0.4) is 0 Å². The van der Waals surface area contributed by atoms with Crippen molar-refractivity contribution in [1.29, 1.82) is 0 Å². The van der Waals surface area contributed by atoms with Crippen LogP contribution in [0.1, 0.15) is 24.0 Å². The van der Waals surface area contributed by atoms with E-state index in [0.29, 0.717) is 0 Å². The summed E-state index contributed by atoms with van der Waals surface area (Å²) in [5.41, 5.74) is 2.48. The first-order valence-electron chi connectivity index (χ1n) is 11.5. The van der Waals surface area contributed by atoms with E-state index < -0.39 is 21.1 Å². The molecule has 0 heterocycles. The molecule has 0 unspecified atom stereocenters. The molecule has 0 spiro atoms. The standard InChI is InChI=1S/2C9H13NO.2C5H5.Zr/c2*1-10(2)7-8-4-3-5-9(11)6-8;2*1-2-4-5-3-1;/h2*3-6,11H,7H2,1-2H3;2*1-3H,4H2;/q;;;;+2/p-2. The van der Waals surface area contributed by atoms with Gasteiger partial charge in [-0.3, -0.25) is 0 Å². The van der Waals surface area contributed by atoms with Crippen LogP contribution in [0.15, 0.2) is 91.5 Å². The van der Waals surface area contributed by atoms with Gasteiger partial charge in [-0.15, -0.1) is 0 Å². The SMILES string of the molecule is CN(C)Cc1cccc([O][Zr]([O]c2cccc(CN(C)C)c2)([C]2=CC=CC2)[C]2=CC=CC2)c1. The van der Waals surface area contributed by atoms with Crippen molar-refractivity contribution in [2.75, 3.05) is 28.2 Å². The second-order valence-electron chi connectivity index (χ2n) is 9.24. The van der Waals surface area contributed by atoms with Crippen LogP contribution in [0.2, 0.25) is 0 Å². The van der Waals surface area contributed by atoms with Crippen LogP contribution in [0.25, 0.3) is 0 Å². The van der Waals surface area contributed by atoms with Crippen LogP contribution in [-0.2, 0) is 34.2 Å². The van der Waals surface area contributed by atoms with E-state index in [0.717, 1.165) is 37.4 Å². The average molecular weight is 522 g/mol. The molecule has 2 aromatic rings. The van der Waals surface area contributed by atoms with Gasteiger partial charge in [0.2, 0.25) is 0 Å². The fourth-order valence-electron chi connectivity index (χ4n) is 4.35. The first kappa shape index (κ1) is 23.9. The van der Waals surface area contributed by atoms with E-state index in [1.165, 1.54) is 17.7 Å². The first-order valence-corrected chi connectivity index (χ1v) is 16.0. The Morgan fingerprint density at radius 2 is 1.15 bits per heavy atom. The monoisotopic (exact) mass is 520 g/mol. The summed E-state index contributed by atoms with van der Waals surface area (Å²) in [6, 6.07) is 17.0. The van der Waals surface area contributed by atoms with Gasteiger partial charge in [-0.1, -0.05) is 0 Å². The van der Waals surface area contributed by atoms with Crippen LogP contribution < -0.4 is 5.63 Å². The summed E-state index contributed by atoms with van der Waals surface area (Å²) >= 11 is -3.97. The van der Waals surface area contributed by atoms with Gasteiger partial charge in [0.25, 0.3) is 0 Å². The maximum absolute atomic E-state index is 7.06. The Morgan fingerprint density at radius 3 is 1.52 bits per heavy atom. The van der Waals surface area contributed by atoms with Crippen LogP contribution in [0, 0.1) is 0 Å². The molecule has 0 amide bonds. The summed E-state index contributed by atoms with van der Waals surface area (Å²) in [5, 5.41) is 0. The molecule has 4 nitrogen and oxygen atoms in total. The van der Waals surface area contributed by atoms with E-state index in [9.17, 15) is 0 Å². The van der Waals surface area contributed by atoms with Crippen molar-refractivity contribution in [1.82, 2.24) is 9.80 Å². The number of benzene rings is 2. The van der Waals surface area contributed by atoms with Crippen molar-refractivity contribution in [2.24, 2.45) is 0 Å². The Balaban J connectivity index is 1.74. The molecule has 5 heteroatoms. The normalized spacial score (nSPS) is 15.3. The Hall–Kier alpha value is -2.20. The first-order chi connectivity index (χ1) is 15.9. The van der Waals surface area contributed by atoms with Crippen LogP contribution in [-0.4, -0.2) is 38.0 Å². The molecular weight excluding hydrogens is 488 g/mol. The van der Waals surface area contributed by atoms with Crippen LogP contribution in [0.4, 0.5) is 0 Å². The van der Waals surface area contributed by atoms with Crippen molar-refractivity contribution in [3.05, 3.63) is 103 Å². The Bertz CT molecular complexity index is 1010. The zero-order valence-corrected chi connectivity index (χ0v) is 22.6. The molecule has 0 N–H and O–H groups in total. The van der Waals surface area contributed by atoms with Crippen molar-refractivity contribution in [3.8, 4) is 11.5 Å². The topological polar surface area (TPSA) is 24.9 Å². The zero-order valence-electron chi connectivity index (χ0n) is 20.1. The number of allylic oxidation sites excluding steroid dienone is 8. The van der Waals surface area contributed by atoms with Gasteiger partial charge in [-0.25, -0.2) is 0 Å². The van der Waals surface area contributed by atoms with Gasteiger partial charge < -0.3 is 0 Å². The third-order valence-corrected chi connectivity index (χ3v) is 14.3. The number of hydrogen-bond donors (Lipinski definition) is 0. The molecule has 2 aromatic carbocycles. The summed E-state index contributed by atoms with van der Waals surface area (Å²) in [6.45, 7) is 1.75. The molecule has 0 fully saturated rings. The minimum absolute atomic E-state index is 0.877. The number of nitrogens with zero attached hydrogens (tertiary/aromatic N) is 2. The van der Waals surface area contributed by atoms with Gasteiger partial charge in [0.15, 0.2) is 0 Å². The maximum atomic E-state index is 7.06. The summed E-state index contributed by atoms with van der Waals surface area (Å²) in [5.74, 6) is 1.80. The van der Waals surface area contributed by atoms with Gasteiger partial charge in [0.1, 0.15) is 0 Å². The van der Waals surface area contributed by atoms with Crippen molar-refractivity contribution in [3.63, 3.8) is 0 Å². The number of hydrogen-bond acceptors (Lipinski definition) is 4. The second kappa shape index (κ2) is 10.8. The molecule has 2 aliphatic carbocycles. The quantitative estimate of drug-likeness (QED) is 0.386. The zero-order chi connectivity index (χ0) is 23.3. The van der Waals surface area contributed by atoms with Gasteiger partial charge in [0, 0.05) is 0 Å². The Kier molecular flexibility index (Phi) is 7.85. The fraction of sp³-hybridized carbons (Fsp3) is 0.286. The summed E-state index contributed by atoms with van der Waals surface area (Å²) in [6.07, 6.45) is 14.9. The van der Waals surface area contributed by atoms with E-state index in [1.54, 1.807) is 0 Å². The van der Waals surface area contributed by atoms with E-state index in [1.807, 2.05) is 0 Å². The molecule has 4 rings (SSSR count).